The molecule has 1 saturated carbocycles. The standard InChI is InChI=1S/C19H20N4O2/c24-17-9-15(12-22-19(25)14-4-2-8-21-11-14)18(23(17)16-5-6-16)13-3-1-7-20-10-13/h1-4,7-8,10-11,15-16,18H,5-6,9,12H2,(H,22,25)/t15-,18-/m0/s1. The molecule has 2 atom stereocenters. The second kappa shape index (κ2) is 6.63. The van der Waals surface area contributed by atoms with Crippen LogP contribution < -0.4 is 5.32 Å². The SMILES string of the molecule is O=C(NC[C@@H]1CC(=O)N(C2CC2)[C@H]1c1cccnc1)c1cccnc1. The summed E-state index contributed by atoms with van der Waals surface area (Å²) in [5.41, 5.74) is 1.57. The maximum atomic E-state index is 12.5. The van der Waals surface area contributed by atoms with Crippen molar-refractivity contribution in [3.8, 4) is 0 Å². The predicted molar refractivity (Wildman–Crippen MR) is 91.5 cm³/mol. The number of amides is 2. The van der Waals surface area contributed by atoms with E-state index in [0.29, 0.717) is 24.6 Å². The molecule has 0 spiro atoms. The van der Waals surface area contributed by atoms with Crippen LogP contribution >= 0.6 is 0 Å². The van der Waals surface area contributed by atoms with Gasteiger partial charge in [-0.25, -0.2) is 0 Å². The lowest BCUT2D eigenvalue weighted by atomic mass is 9.94. The summed E-state index contributed by atoms with van der Waals surface area (Å²) in [5.74, 6) is 0.0743. The molecule has 0 bridgehead atoms. The Hall–Kier alpha value is -2.76. The summed E-state index contributed by atoms with van der Waals surface area (Å²) in [4.78, 5) is 35.0. The van der Waals surface area contributed by atoms with E-state index in [-0.39, 0.29) is 23.8 Å². The van der Waals surface area contributed by atoms with E-state index in [1.54, 1.807) is 30.7 Å². The maximum Gasteiger partial charge on any atom is 0.252 e. The molecule has 1 saturated heterocycles. The highest BCUT2D eigenvalue weighted by Crippen LogP contribution is 2.44. The number of rotatable bonds is 5. The molecule has 2 fully saturated rings. The van der Waals surface area contributed by atoms with Crippen molar-refractivity contribution in [3.05, 3.63) is 60.2 Å². The zero-order valence-electron chi connectivity index (χ0n) is 13.8. The molecule has 128 valence electrons. The molecule has 6 heteroatoms. The van der Waals surface area contributed by atoms with E-state index in [9.17, 15) is 9.59 Å². The van der Waals surface area contributed by atoms with Crippen LogP contribution in [0.2, 0.25) is 0 Å². The molecular weight excluding hydrogens is 316 g/mol. The highest BCUT2D eigenvalue weighted by molar-refractivity contribution is 5.93. The van der Waals surface area contributed by atoms with E-state index >= 15 is 0 Å². The van der Waals surface area contributed by atoms with Crippen molar-refractivity contribution in [2.45, 2.75) is 31.3 Å². The summed E-state index contributed by atoms with van der Waals surface area (Å²) in [6.07, 6.45) is 9.34. The molecule has 0 aromatic carbocycles. The molecule has 0 radical (unpaired) electrons. The largest absolute Gasteiger partial charge is 0.352 e. The lowest BCUT2D eigenvalue weighted by molar-refractivity contribution is -0.129. The number of hydrogen-bond donors (Lipinski definition) is 1. The Balaban J connectivity index is 1.51. The Morgan fingerprint density at radius 2 is 1.92 bits per heavy atom. The van der Waals surface area contributed by atoms with E-state index in [0.717, 1.165) is 18.4 Å². The fourth-order valence-corrected chi connectivity index (χ4v) is 3.60. The van der Waals surface area contributed by atoms with Crippen LogP contribution in [0.3, 0.4) is 0 Å². The van der Waals surface area contributed by atoms with Gasteiger partial charge in [0.05, 0.1) is 11.6 Å². The van der Waals surface area contributed by atoms with Crippen LogP contribution in [0.15, 0.2) is 49.1 Å². The normalized spacial score (nSPS) is 22.9. The van der Waals surface area contributed by atoms with Crippen LogP contribution in [0.4, 0.5) is 0 Å². The van der Waals surface area contributed by atoms with E-state index in [4.69, 9.17) is 0 Å². The number of carbonyl (C=O) groups is 2. The number of aromatic nitrogens is 2. The summed E-state index contributed by atoms with van der Waals surface area (Å²) >= 11 is 0. The van der Waals surface area contributed by atoms with Gasteiger partial charge in [-0.1, -0.05) is 6.07 Å². The Labute approximate surface area is 146 Å². The second-order valence-corrected chi connectivity index (χ2v) is 6.68. The van der Waals surface area contributed by atoms with E-state index in [1.165, 1.54) is 0 Å². The molecular formula is C19H20N4O2. The second-order valence-electron chi connectivity index (χ2n) is 6.68. The lowest BCUT2D eigenvalue weighted by Gasteiger charge is -2.28. The Morgan fingerprint density at radius 3 is 2.56 bits per heavy atom. The van der Waals surface area contributed by atoms with E-state index in [2.05, 4.69) is 15.3 Å². The average molecular weight is 336 g/mol. The first-order valence-electron chi connectivity index (χ1n) is 8.63. The van der Waals surface area contributed by atoms with Crippen molar-refractivity contribution in [1.82, 2.24) is 20.2 Å². The quantitative estimate of drug-likeness (QED) is 0.906. The topological polar surface area (TPSA) is 75.2 Å². The Kier molecular flexibility index (Phi) is 4.17. The van der Waals surface area contributed by atoms with Crippen LogP contribution in [0, 0.1) is 5.92 Å². The van der Waals surface area contributed by atoms with Gasteiger partial charge in [-0.05, 0) is 36.6 Å². The molecule has 1 N–H and O–H groups in total. The average Bonchev–Trinajstić information content (AvgIpc) is 3.44. The van der Waals surface area contributed by atoms with Gasteiger partial charge in [-0.2, -0.15) is 0 Å². The number of nitrogens with one attached hydrogen (secondary N) is 1. The molecule has 2 aliphatic rings. The summed E-state index contributed by atoms with van der Waals surface area (Å²) in [6, 6.07) is 7.72. The van der Waals surface area contributed by atoms with Crippen LogP contribution in [0.1, 0.15) is 41.2 Å². The third-order valence-corrected chi connectivity index (χ3v) is 4.89. The molecule has 2 aromatic heterocycles. The molecule has 6 nitrogen and oxygen atoms in total. The van der Waals surface area contributed by atoms with Crippen LogP contribution in [0.5, 0.6) is 0 Å². The van der Waals surface area contributed by atoms with Crippen LogP contribution in [-0.4, -0.2) is 39.3 Å². The zero-order valence-corrected chi connectivity index (χ0v) is 13.8. The summed E-state index contributed by atoms with van der Waals surface area (Å²) in [5, 5.41) is 2.96. The molecule has 1 aliphatic carbocycles. The van der Waals surface area contributed by atoms with Gasteiger partial charge in [-0.15, -0.1) is 0 Å². The molecule has 1 aliphatic heterocycles. The Morgan fingerprint density at radius 1 is 1.16 bits per heavy atom. The molecule has 3 heterocycles. The molecule has 0 unspecified atom stereocenters. The summed E-state index contributed by atoms with van der Waals surface area (Å²) in [6.45, 7) is 0.461. The van der Waals surface area contributed by atoms with Gasteiger partial charge in [0.1, 0.15) is 0 Å². The van der Waals surface area contributed by atoms with E-state index < -0.39 is 0 Å². The fourth-order valence-electron chi connectivity index (χ4n) is 3.60. The Bertz CT molecular complexity index is 762. The first-order chi connectivity index (χ1) is 12.2. The monoisotopic (exact) mass is 336 g/mol. The van der Waals surface area contributed by atoms with Gasteiger partial charge in [0.15, 0.2) is 0 Å². The van der Waals surface area contributed by atoms with Gasteiger partial charge in [-0.3, -0.25) is 19.6 Å². The van der Waals surface area contributed by atoms with Gasteiger partial charge in [0.2, 0.25) is 5.91 Å². The molecule has 2 aromatic rings. The first-order valence-corrected chi connectivity index (χ1v) is 8.63. The first kappa shape index (κ1) is 15.7. The summed E-state index contributed by atoms with van der Waals surface area (Å²) < 4.78 is 0. The van der Waals surface area contributed by atoms with Crippen LogP contribution in [-0.2, 0) is 4.79 Å². The number of pyridine rings is 2. The zero-order chi connectivity index (χ0) is 17.2. The molecule has 2 amide bonds. The number of hydrogen-bond acceptors (Lipinski definition) is 4. The van der Waals surface area contributed by atoms with Crippen LogP contribution in [0.25, 0.3) is 0 Å². The summed E-state index contributed by atoms with van der Waals surface area (Å²) in [7, 11) is 0. The van der Waals surface area contributed by atoms with Gasteiger partial charge in [0.25, 0.3) is 5.91 Å². The lowest BCUT2D eigenvalue weighted by Crippen LogP contribution is -2.35. The molecule has 4 rings (SSSR count). The van der Waals surface area contributed by atoms with Crippen molar-refractivity contribution in [1.29, 1.82) is 0 Å². The number of nitrogens with zero attached hydrogens (tertiary/aromatic N) is 3. The third-order valence-electron chi connectivity index (χ3n) is 4.89. The maximum absolute atomic E-state index is 12.5. The number of likely N-dealkylation sites (tertiary alicyclic amines) is 1. The van der Waals surface area contributed by atoms with E-state index in [1.807, 2.05) is 23.2 Å². The van der Waals surface area contributed by atoms with Crippen molar-refractivity contribution < 1.29 is 9.59 Å². The van der Waals surface area contributed by atoms with Crippen molar-refractivity contribution in [3.63, 3.8) is 0 Å². The minimum atomic E-state index is -0.157. The minimum Gasteiger partial charge on any atom is -0.352 e. The van der Waals surface area contributed by atoms with Gasteiger partial charge < -0.3 is 10.2 Å². The van der Waals surface area contributed by atoms with Gasteiger partial charge in [0, 0.05) is 49.7 Å². The smallest absolute Gasteiger partial charge is 0.252 e. The van der Waals surface area contributed by atoms with Crippen molar-refractivity contribution in [2.75, 3.05) is 6.54 Å². The van der Waals surface area contributed by atoms with Crippen molar-refractivity contribution in [2.24, 2.45) is 5.92 Å². The fraction of sp³-hybridized carbons (Fsp3) is 0.368. The third kappa shape index (κ3) is 3.24. The van der Waals surface area contributed by atoms with Gasteiger partial charge >= 0.3 is 0 Å². The minimum absolute atomic E-state index is 0.0112. The van der Waals surface area contributed by atoms with Crippen molar-refractivity contribution >= 4 is 11.8 Å². The highest BCUT2D eigenvalue weighted by Gasteiger charge is 2.47. The number of carbonyl (C=O) groups excluding carboxylic acids is 2. The highest BCUT2D eigenvalue weighted by atomic mass is 16.2. The predicted octanol–water partition coefficient (Wildman–Crippen LogP) is 1.96. The molecule has 25 heavy (non-hydrogen) atoms.